The maximum atomic E-state index is 12.7. The van der Waals surface area contributed by atoms with Crippen LogP contribution in [0.15, 0.2) is 12.4 Å². The Morgan fingerprint density at radius 2 is 2.32 bits per heavy atom. The lowest BCUT2D eigenvalue weighted by molar-refractivity contribution is -0.137. The van der Waals surface area contributed by atoms with Crippen LogP contribution in [0.3, 0.4) is 0 Å². The molecule has 3 heterocycles. The van der Waals surface area contributed by atoms with Crippen molar-refractivity contribution in [3.63, 3.8) is 0 Å². The molecule has 0 aromatic carbocycles. The summed E-state index contributed by atoms with van der Waals surface area (Å²) in [5.74, 6) is 0.180. The van der Waals surface area contributed by atoms with E-state index in [-0.39, 0.29) is 30.2 Å². The van der Waals surface area contributed by atoms with E-state index in [9.17, 15) is 9.59 Å². The van der Waals surface area contributed by atoms with Crippen LogP contribution >= 0.6 is 0 Å². The van der Waals surface area contributed by atoms with Crippen LogP contribution in [0.5, 0.6) is 0 Å². The monoisotopic (exact) mass is 305 g/mol. The SMILES string of the molecule is C[C@H](N)[C@@H]1CCCN(C(=O)[C@@H]2CC(=O)N(c3cn[nH]c3)C2)C1. The molecule has 2 aliphatic rings. The lowest BCUT2D eigenvalue weighted by Crippen LogP contribution is -2.47. The summed E-state index contributed by atoms with van der Waals surface area (Å²) in [5, 5.41) is 6.56. The number of carbonyl (C=O) groups excluding carboxylic acids is 2. The van der Waals surface area contributed by atoms with Crippen molar-refractivity contribution in [1.82, 2.24) is 15.1 Å². The lowest BCUT2D eigenvalue weighted by atomic mass is 9.91. The van der Waals surface area contributed by atoms with Crippen molar-refractivity contribution in [3.05, 3.63) is 12.4 Å². The molecule has 3 N–H and O–H groups in total. The molecule has 0 spiro atoms. The van der Waals surface area contributed by atoms with E-state index in [4.69, 9.17) is 5.73 Å². The van der Waals surface area contributed by atoms with Crippen LogP contribution in [-0.2, 0) is 9.59 Å². The summed E-state index contributed by atoms with van der Waals surface area (Å²) in [6, 6.07) is 0.100. The zero-order chi connectivity index (χ0) is 15.7. The summed E-state index contributed by atoms with van der Waals surface area (Å²) >= 11 is 0. The van der Waals surface area contributed by atoms with Crippen molar-refractivity contribution in [2.24, 2.45) is 17.6 Å². The number of H-pyrrole nitrogens is 1. The van der Waals surface area contributed by atoms with Crippen LogP contribution in [0.1, 0.15) is 26.2 Å². The summed E-state index contributed by atoms with van der Waals surface area (Å²) < 4.78 is 0. The van der Waals surface area contributed by atoms with E-state index in [1.807, 2.05) is 11.8 Å². The Kier molecular flexibility index (Phi) is 4.15. The first-order chi connectivity index (χ1) is 10.6. The van der Waals surface area contributed by atoms with E-state index in [1.54, 1.807) is 17.3 Å². The van der Waals surface area contributed by atoms with Gasteiger partial charge in [0, 0.05) is 38.3 Å². The quantitative estimate of drug-likeness (QED) is 0.842. The molecular weight excluding hydrogens is 282 g/mol. The van der Waals surface area contributed by atoms with Crippen LogP contribution in [0.4, 0.5) is 5.69 Å². The first kappa shape index (κ1) is 15.0. The molecule has 0 bridgehead atoms. The number of aromatic nitrogens is 2. The normalized spacial score (nSPS) is 27.3. The number of rotatable bonds is 3. The van der Waals surface area contributed by atoms with Crippen molar-refractivity contribution >= 4 is 17.5 Å². The van der Waals surface area contributed by atoms with Crippen LogP contribution in [0.2, 0.25) is 0 Å². The molecule has 2 saturated heterocycles. The van der Waals surface area contributed by atoms with Crippen LogP contribution in [-0.4, -0.2) is 52.6 Å². The minimum absolute atomic E-state index is 0.0134. The number of carbonyl (C=O) groups is 2. The number of hydrogen-bond acceptors (Lipinski definition) is 4. The highest BCUT2D eigenvalue weighted by Crippen LogP contribution is 2.27. The molecule has 1 aromatic rings. The number of hydrogen-bond donors (Lipinski definition) is 2. The molecule has 3 rings (SSSR count). The molecule has 3 atom stereocenters. The highest BCUT2D eigenvalue weighted by molar-refractivity contribution is 6.00. The van der Waals surface area contributed by atoms with Gasteiger partial charge in [-0.15, -0.1) is 0 Å². The van der Waals surface area contributed by atoms with Gasteiger partial charge in [0.2, 0.25) is 11.8 Å². The van der Waals surface area contributed by atoms with Crippen molar-refractivity contribution < 1.29 is 9.59 Å². The predicted octanol–water partition coefficient (Wildman–Crippen LogP) is 0.348. The minimum Gasteiger partial charge on any atom is -0.342 e. The average molecular weight is 305 g/mol. The number of anilines is 1. The zero-order valence-corrected chi connectivity index (χ0v) is 12.9. The first-order valence-electron chi connectivity index (χ1n) is 7.89. The van der Waals surface area contributed by atoms with Crippen LogP contribution < -0.4 is 10.6 Å². The van der Waals surface area contributed by atoms with Gasteiger partial charge in [-0.3, -0.25) is 14.7 Å². The van der Waals surface area contributed by atoms with E-state index in [0.29, 0.717) is 19.0 Å². The van der Waals surface area contributed by atoms with E-state index in [1.165, 1.54) is 0 Å². The van der Waals surface area contributed by atoms with E-state index in [0.717, 1.165) is 25.1 Å². The van der Waals surface area contributed by atoms with Crippen molar-refractivity contribution in [1.29, 1.82) is 0 Å². The highest BCUT2D eigenvalue weighted by atomic mass is 16.2. The van der Waals surface area contributed by atoms with E-state index < -0.39 is 0 Å². The topological polar surface area (TPSA) is 95.3 Å². The van der Waals surface area contributed by atoms with Gasteiger partial charge in [-0.05, 0) is 25.7 Å². The summed E-state index contributed by atoms with van der Waals surface area (Å²) in [7, 11) is 0. The molecule has 22 heavy (non-hydrogen) atoms. The largest absolute Gasteiger partial charge is 0.342 e. The number of nitrogens with zero attached hydrogens (tertiary/aromatic N) is 3. The molecule has 0 saturated carbocycles. The Morgan fingerprint density at radius 1 is 1.50 bits per heavy atom. The molecule has 0 aliphatic carbocycles. The maximum absolute atomic E-state index is 12.7. The molecule has 1 aromatic heterocycles. The van der Waals surface area contributed by atoms with Crippen LogP contribution in [0.25, 0.3) is 0 Å². The molecule has 2 aliphatic heterocycles. The third kappa shape index (κ3) is 2.85. The zero-order valence-electron chi connectivity index (χ0n) is 12.9. The fourth-order valence-corrected chi connectivity index (χ4v) is 3.41. The minimum atomic E-state index is -0.255. The summed E-state index contributed by atoms with van der Waals surface area (Å²) in [4.78, 5) is 28.4. The number of amides is 2. The van der Waals surface area contributed by atoms with Gasteiger partial charge in [0.1, 0.15) is 0 Å². The fraction of sp³-hybridized carbons (Fsp3) is 0.667. The number of nitrogens with one attached hydrogen (secondary N) is 1. The fourth-order valence-electron chi connectivity index (χ4n) is 3.41. The maximum Gasteiger partial charge on any atom is 0.228 e. The van der Waals surface area contributed by atoms with E-state index >= 15 is 0 Å². The number of likely N-dealkylation sites (tertiary alicyclic amines) is 1. The van der Waals surface area contributed by atoms with Gasteiger partial charge < -0.3 is 15.5 Å². The first-order valence-corrected chi connectivity index (χ1v) is 7.89. The smallest absolute Gasteiger partial charge is 0.228 e. The van der Waals surface area contributed by atoms with Crippen molar-refractivity contribution in [3.8, 4) is 0 Å². The van der Waals surface area contributed by atoms with Gasteiger partial charge in [-0.25, -0.2) is 0 Å². The van der Waals surface area contributed by atoms with Crippen LogP contribution in [0, 0.1) is 11.8 Å². The Balaban J connectivity index is 1.65. The second-order valence-electron chi connectivity index (χ2n) is 6.41. The number of piperidine rings is 1. The van der Waals surface area contributed by atoms with Gasteiger partial charge in [-0.2, -0.15) is 5.10 Å². The summed E-state index contributed by atoms with van der Waals surface area (Å²) in [6.45, 7) is 3.93. The Hall–Kier alpha value is -1.89. The van der Waals surface area contributed by atoms with Crippen molar-refractivity contribution in [2.45, 2.75) is 32.2 Å². The van der Waals surface area contributed by atoms with Crippen molar-refractivity contribution in [2.75, 3.05) is 24.5 Å². The average Bonchev–Trinajstić information content (AvgIpc) is 3.15. The van der Waals surface area contributed by atoms with Gasteiger partial charge >= 0.3 is 0 Å². The number of nitrogens with two attached hydrogens (primary N) is 1. The van der Waals surface area contributed by atoms with Gasteiger partial charge in [0.05, 0.1) is 17.8 Å². The molecular formula is C15H23N5O2. The molecule has 2 amide bonds. The van der Waals surface area contributed by atoms with Gasteiger partial charge in [0.25, 0.3) is 0 Å². The molecule has 0 radical (unpaired) electrons. The molecule has 7 heteroatoms. The second-order valence-corrected chi connectivity index (χ2v) is 6.41. The number of aromatic amines is 1. The second kappa shape index (κ2) is 6.08. The molecule has 0 unspecified atom stereocenters. The standard InChI is InChI=1S/C15H23N5O2/c1-10(16)11-3-2-4-19(8-11)15(22)12-5-14(21)20(9-12)13-6-17-18-7-13/h6-7,10-12H,2-5,8-9,16H2,1H3,(H,17,18)/t10-,11+,12+/m0/s1. The Bertz CT molecular complexity index is 542. The molecule has 120 valence electrons. The Labute approximate surface area is 129 Å². The van der Waals surface area contributed by atoms with Gasteiger partial charge in [0.15, 0.2) is 0 Å². The predicted molar refractivity (Wildman–Crippen MR) is 82.0 cm³/mol. The molecule has 7 nitrogen and oxygen atoms in total. The molecule has 2 fully saturated rings. The summed E-state index contributed by atoms with van der Waals surface area (Å²) in [5.41, 5.74) is 6.71. The third-order valence-electron chi connectivity index (χ3n) is 4.78. The van der Waals surface area contributed by atoms with E-state index in [2.05, 4.69) is 10.2 Å². The summed E-state index contributed by atoms with van der Waals surface area (Å²) in [6.07, 6.45) is 5.63. The van der Waals surface area contributed by atoms with Gasteiger partial charge in [-0.1, -0.05) is 0 Å². The highest BCUT2D eigenvalue weighted by Gasteiger charge is 2.38. The third-order valence-corrected chi connectivity index (χ3v) is 4.78. The lowest BCUT2D eigenvalue weighted by Gasteiger charge is -2.35. The Morgan fingerprint density at radius 3 is 3.00 bits per heavy atom.